The van der Waals surface area contributed by atoms with Crippen LogP contribution < -0.4 is 10.1 Å². The number of hydrogen-bond donors (Lipinski definition) is 2. The maximum absolute atomic E-state index is 11.7. The summed E-state index contributed by atoms with van der Waals surface area (Å²) in [5, 5.41) is 8.87. The maximum Gasteiger partial charge on any atom is 0.337 e. The number of halogens is 1. The highest BCUT2D eigenvalue weighted by Crippen LogP contribution is 2.22. The van der Waals surface area contributed by atoms with E-state index in [4.69, 9.17) is 16.3 Å². The first-order valence-electron chi connectivity index (χ1n) is 4.81. The molecule has 2 aromatic heterocycles. The molecule has 8 heteroatoms. The smallest absolute Gasteiger partial charge is 0.337 e. The Labute approximate surface area is 106 Å². The third-order valence-electron chi connectivity index (χ3n) is 1.77. The van der Waals surface area contributed by atoms with E-state index in [1.165, 1.54) is 11.3 Å². The Morgan fingerprint density at radius 1 is 1.65 bits per heavy atom. The molecule has 2 rings (SSSR count). The van der Waals surface area contributed by atoms with Gasteiger partial charge in [0, 0.05) is 0 Å². The number of carbonyl (C=O) groups is 1. The van der Waals surface area contributed by atoms with E-state index in [-0.39, 0.29) is 17.9 Å². The summed E-state index contributed by atoms with van der Waals surface area (Å²) in [6.45, 7) is 2.29. The molecule has 6 nitrogen and oxygen atoms in total. The van der Waals surface area contributed by atoms with Crippen molar-refractivity contribution < 1.29 is 9.53 Å². The van der Waals surface area contributed by atoms with Gasteiger partial charge in [0.1, 0.15) is 0 Å². The fourth-order valence-corrected chi connectivity index (χ4v) is 2.04. The lowest BCUT2D eigenvalue weighted by Gasteiger charge is -1.97. The number of aromatic nitrogens is 3. The normalized spacial score (nSPS) is 10.2. The zero-order valence-corrected chi connectivity index (χ0v) is 10.4. The zero-order chi connectivity index (χ0) is 12.3. The molecular weight excluding hydrogens is 264 g/mol. The number of anilines is 1. The highest BCUT2D eigenvalue weighted by atomic mass is 35.5. The third kappa shape index (κ3) is 2.95. The second-order valence-corrected chi connectivity index (χ2v) is 4.67. The summed E-state index contributed by atoms with van der Waals surface area (Å²) < 4.78 is 5.61. The van der Waals surface area contributed by atoms with Crippen molar-refractivity contribution in [2.75, 3.05) is 11.9 Å². The van der Waals surface area contributed by atoms with E-state index in [1.54, 1.807) is 12.1 Å². The first-order chi connectivity index (χ1) is 8.19. The van der Waals surface area contributed by atoms with E-state index in [9.17, 15) is 4.79 Å². The number of hydrogen-bond acceptors (Lipinski definition) is 5. The van der Waals surface area contributed by atoms with Crippen LogP contribution in [0, 0.1) is 0 Å². The molecule has 0 aliphatic rings. The first-order valence-corrected chi connectivity index (χ1v) is 6.00. The van der Waals surface area contributed by atoms with Gasteiger partial charge >= 0.3 is 6.01 Å². The summed E-state index contributed by atoms with van der Waals surface area (Å²) in [6, 6.07) is 3.50. The van der Waals surface area contributed by atoms with Crippen LogP contribution in [-0.4, -0.2) is 27.7 Å². The molecular formula is C9H9ClN4O2S. The first kappa shape index (κ1) is 11.9. The van der Waals surface area contributed by atoms with E-state index in [0.717, 1.165) is 0 Å². The van der Waals surface area contributed by atoms with Gasteiger partial charge in [0.15, 0.2) is 0 Å². The predicted octanol–water partition coefficient (Wildman–Crippen LogP) is 2.17. The van der Waals surface area contributed by atoms with Gasteiger partial charge in [-0.1, -0.05) is 11.6 Å². The number of aromatic amines is 1. The van der Waals surface area contributed by atoms with Crippen molar-refractivity contribution in [2.24, 2.45) is 0 Å². The number of thiophene rings is 1. The van der Waals surface area contributed by atoms with E-state index in [1.807, 2.05) is 6.92 Å². The molecule has 0 aliphatic heterocycles. The standard InChI is InChI=1S/C9H9ClN4O2S/c1-2-16-9-12-8(13-14-9)11-7(15)5-3-4-6(10)17-5/h3-4H,2H2,1H3,(H2,11,12,13,14,15). The van der Waals surface area contributed by atoms with Crippen molar-refractivity contribution in [2.45, 2.75) is 6.92 Å². The second-order valence-electron chi connectivity index (χ2n) is 2.96. The topological polar surface area (TPSA) is 79.9 Å². The van der Waals surface area contributed by atoms with Gasteiger partial charge in [-0.25, -0.2) is 5.10 Å². The van der Waals surface area contributed by atoms with Gasteiger partial charge in [0.25, 0.3) is 5.91 Å². The van der Waals surface area contributed by atoms with Gasteiger partial charge in [-0.2, -0.15) is 4.98 Å². The van der Waals surface area contributed by atoms with Crippen molar-refractivity contribution in [1.82, 2.24) is 15.2 Å². The lowest BCUT2D eigenvalue weighted by Crippen LogP contribution is -2.11. The Hall–Kier alpha value is -1.60. The average molecular weight is 273 g/mol. The van der Waals surface area contributed by atoms with Gasteiger partial charge < -0.3 is 4.74 Å². The predicted molar refractivity (Wildman–Crippen MR) is 64.8 cm³/mol. The van der Waals surface area contributed by atoms with Crippen molar-refractivity contribution >= 4 is 34.8 Å². The van der Waals surface area contributed by atoms with Gasteiger partial charge in [-0.3, -0.25) is 10.1 Å². The number of nitrogens with one attached hydrogen (secondary N) is 2. The van der Waals surface area contributed by atoms with E-state index in [0.29, 0.717) is 15.8 Å². The molecule has 0 spiro atoms. The molecule has 0 bridgehead atoms. The minimum Gasteiger partial charge on any atom is -0.463 e. The van der Waals surface area contributed by atoms with E-state index < -0.39 is 0 Å². The van der Waals surface area contributed by atoms with E-state index >= 15 is 0 Å². The molecule has 0 fully saturated rings. The van der Waals surface area contributed by atoms with Crippen molar-refractivity contribution in [3.05, 3.63) is 21.3 Å². The van der Waals surface area contributed by atoms with Crippen LogP contribution >= 0.6 is 22.9 Å². The Bertz CT molecular complexity index is 525. The zero-order valence-electron chi connectivity index (χ0n) is 8.86. The molecule has 2 N–H and O–H groups in total. The Balaban J connectivity index is 2.02. The Morgan fingerprint density at radius 2 is 2.47 bits per heavy atom. The summed E-state index contributed by atoms with van der Waals surface area (Å²) >= 11 is 6.93. The molecule has 0 saturated carbocycles. The minimum atomic E-state index is -0.291. The van der Waals surface area contributed by atoms with Crippen LogP contribution in [0.4, 0.5) is 5.95 Å². The summed E-state index contributed by atoms with van der Waals surface area (Å²) in [5.41, 5.74) is 0. The molecule has 0 atom stereocenters. The molecule has 1 amide bonds. The van der Waals surface area contributed by atoms with Crippen LogP contribution in [0.25, 0.3) is 0 Å². The average Bonchev–Trinajstić information content (AvgIpc) is 2.88. The van der Waals surface area contributed by atoms with Crippen molar-refractivity contribution in [3.63, 3.8) is 0 Å². The second kappa shape index (κ2) is 5.15. The molecule has 2 aromatic rings. The molecule has 17 heavy (non-hydrogen) atoms. The molecule has 0 radical (unpaired) electrons. The molecule has 0 aromatic carbocycles. The Kier molecular flexibility index (Phi) is 3.60. The van der Waals surface area contributed by atoms with Crippen LogP contribution in [0.2, 0.25) is 4.34 Å². The quantitative estimate of drug-likeness (QED) is 0.894. The summed E-state index contributed by atoms with van der Waals surface area (Å²) in [5.74, 6) is -0.0518. The SMILES string of the molecule is CCOc1n[nH]c(NC(=O)c2ccc(Cl)s2)n1. The summed E-state index contributed by atoms with van der Waals surface area (Å²) in [7, 11) is 0. The number of nitrogens with zero attached hydrogens (tertiary/aromatic N) is 2. The number of amides is 1. The largest absolute Gasteiger partial charge is 0.463 e. The maximum atomic E-state index is 11.7. The fourth-order valence-electron chi connectivity index (χ4n) is 1.10. The van der Waals surface area contributed by atoms with Crippen LogP contribution in [0.5, 0.6) is 6.01 Å². The third-order valence-corrected chi connectivity index (χ3v) is 3.00. The van der Waals surface area contributed by atoms with Crippen molar-refractivity contribution in [3.8, 4) is 6.01 Å². The van der Waals surface area contributed by atoms with Gasteiger partial charge in [0.05, 0.1) is 15.8 Å². The number of H-pyrrole nitrogens is 1. The summed E-state index contributed by atoms with van der Waals surface area (Å²) in [4.78, 5) is 16.1. The fraction of sp³-hybridized carbons (Fsp3) is 0.222. The molecule has 90 valence electrons. The van der Waals surface area contributed by atoms with Crippen LogP contribution in [0.15, 0.2) is 12.1 Å². The lowest BCUT2D eigenvalue weighted by atomic mass is 10.4. The molecule has 0 aliphatic carbocycles. The number of ether oxygens (including phenoxy) is 1. The van der Waals surface area contributed by atoms with Crippen molar-refractivity contribution in [1.29, 1.82) is 0 Å². The van der Waals surface area contributed by atoms with E-state index in [2.05, 4.69) is 20.5 Å². The highest BCUT2D eigenvalue weighted by Gasteiger charge is 2.11. The van der Waals surface area contributed by atoms with Crippen LogP contribution in [0.1, 0.15) is 16.6 Å². The van der Waals surface area contributed by atoms with Gasteiger partial charge in [-0.05, 0) is 19.1 Å². The van der Waals surface area contributed by atoms with Crippen LogP contribution in [-0.2, 0) is 0 Å². The number of carbonyl (C=O) groups excluding carboxylic acids is 1. The van der Waals surface area contributed by atoms with Gasteiger partial charge in [-0.15, -0.1) is 16.4 Å². The lowest BCUT2D eigenvalue weighted by molar-refractivity contribution is 0.102. The molecule has 2 heterocycles. The Morgan fingerprint density at radius 3 is 3.12 bits per heavy atom. The summed E-state index contributed by atoms with van der Waals surface area (Å²) in [6.07, 6.45) is 0. The highest BCUT2D eigenvalue weighted by molar-refractivity contribution is 7.18. The van der Waals surface area contributed by atoms with Gasteiger partial charge in [0.2, 0.25) is 5.95 Å². The van der Waals surface area contributed by atoms with Crippen LogP contribution in [0.3, 0.4) is 0 Å². The monoisotopic (exact) mass is 272 g/mol. The molecule has 0 unspecified atom stereocenters. The minimum absolute atomic E-state index is 0.201. The molecule has 0 saturated heterocycles. The number of rotatable bonds is 4.